The summed E-state index contributed by atoms with van der Waals surface area (Å²) in [5.41, 5.74) is 4.03. The van der Waals surface area contributed by atoms with Gasteiger partial charge in [-0.1, -0.05) is 65.1 Å². The van der Waals surface area contributed by atoms with Gasteiger partial charge >= 0.3 is 6.09 Å². The number of halogens is 3. The minimum absolute atomic E-state index is 0.166. The van der Waals surface area contributed by atoms with Gasteiger partial charge in [-0.25, -0.2) is 4.79 Å². The Bertz CT molecular complexity index is 1580. The Morgan fingerprint density at radius 3 is 2.34 bits per heavy atom. The first-order valence-corrected chi connectivity index (χ1v) is 16.7. The van der Waals surface area contributed by atoms with Gasteiger partial charge in [0.1, 0.15) is 19.0 Å². The monoisotopic (exact) mass is 701 g/mol. The highest BCUT2D eigenvalue weighted by Gasteiger charge is 2.40. The maximum atomic E-state index is 13.9. The van der Waals surface area contributed by atoms with Crippen LogP contribution in [0.25, 0.3) is 5.57 Å². The highest BCUT2D eigenvalue weighted by molar-refractivity contribution is 6.37. The molecule has 5 rings (SSSR count). The lowest BCUT2D eigenvalue weighted by Gasteiger charge is -2.38. The van der Waals surface area contributed by atoms with Crippen molar-refractivity contribution in [1.82, 2.24) is 15.5 Å². The Morgan fingerprint density at radius 1 is 0.936 bits per heavy atom. The molecule has 0 saturated heterocycles. The van der Waals surface area contributed by atoms with Crippen LogP contribution in [0.5, 0.6) is 11.5 Å². The molecule has 0 radical (unpaired) electrons. The number of ether oxygens (including phenoxy) is 3. The van der Waals surface area contributed by atoms with Gasteiger partial charge in [0.2, 0.25) is 5.91 Å². The molecule has 0 aromatic heterocycles. The zero-order valence-electron chi connectivity index (χ0n) is 26.1. The second kappa shape index (κ2) is 16.6. The summed E-state index contributed by atoms with van der Waals surface area (Å²) < 4.78 is 16.7. The van der Waals surface area contributed by atoms with E-state index in [0.29, 0.717) is 51.0 Å². The lowest BCUT2D eigenvalue weighted by molar-refractivity contribution is -0.118. The van der Waals surface area contributed by atoms with Crippen molar-refractivity contribution in [2.24, 2.45) is 0 Å². The summed E-state index contributed by atoms with van der Waals surface area (Å²) >= 11 is 18.8. The number of hydrogen-bond donors (Lipinski definition) is 3. The van der Waals surface area contributed by atoms with E-state index in [9.17, 15) is 14.7 Å². The maximum absolute atomic E-state index is 13.9. The fourth-order valence-electron chi connectivity index (χ4n) is 5.73. The SMILES string of the molecule is CNC(=O)OCCc1ccc(Cl)c(CNC(=O)C2=C(c3ccc(OCCOc4c(Cl)cccc4Cl)cc3)CCN(C3CC3)C2CO)c1. The number of aliphatic hydroxyl groups excluding tert-OH is 1. The van der Waals surface area contributed by atoms with Crippen LogP contribution >= 0.6 is 34.8 Å². The number of rotatable bonds is 14. The summed E-state index contributed by atoms with van der Waals surface area (Å²) in [5.74, 6) is 0.828. The fourth-order valence-corrected chi connectivity index (χ4v) is 6.42. The summed E-state index contributed by atoms with van der Waals surface area (Å²) in [6.07, 6.45) is 2.81. The molecule has 1 aliphatic carbocycles. The Hall–Kier alpha value is -3.47. The van der Waals surface area contributed by atoms with Gasteiger partial charge in [0.25, 0.3) is 0 Å². The van der Waals surface area contributed by atoms with Gasteiger partial charge in [-0.3, -0.25) is 9.69 Å². The minimum atomic E-state index is -0.492. The molecule has 1 saturated carbocycles. The lowest BCUT2D eigenvalue weighted by Crippen LogP contribution is -2.48. The van der Waals surface area contributed by atoms with E-state index in [1.165, 1.54) is 7.05 Å². The molecule has 3 aromatic carbocycles. The molecular weight excluding hydrogens is 665 g/mol. The molecule has 3 N–H and O–H groups in total. The van der Waals surface area contributed by atoms with Crippen LogP contribution in [-0.4, -0.2) is 74.1 Å². The summed E-state index contributed by atoms with van der Waals surface area (Å²) in [7, 11) is 1.51. The van der Waals surface area contributed by atoms with Gasteiger partial charge in [-0.15, -0.1) is 0 Å². The third-order valence-electron chi connectivity index (χ3n) is 8.21. The van der Waals surface area contributed by atoms with Crippen molar-refractivity contribution in [3.05, 3.63) is 98.0 Å². The normalized spacial score (nSPS) is 16.5. The Kier molecular flexibility index (Phi) is 12.3. The average molecular weight is 703 g/mol. The van der Waals surface area contributed by atoms with Crippen molar-refractivity contribution < 1.29 is 28.9 Å². The molecular formula is C35H38Cl3N3O6. The van der Waals surface area contributed by atoms with Gasteiger partial charge in [0.15, 0.2) is 5.75 Å². The molecule has 0 spiro atoms. The van der Waals surface area contributed by atoms with Crippen LogP contribution in [0.3, 0.4) is 0 Å². The van der Waals surface area contributed by atoms with Crippen molar-refractivity contribution in [2.45, 2.75) is 44.3 Å². The van der Waals surface area contributed by atoms with E-state index in [2.05, 4.69) is 15.5 Å². The molecule has 2 amide bonds. The number of alkyl carbamates (subject to hydrolysis) is 1. The van der Waals surface area contributed by atoms with Crippen LogP contribution in [-0.2, 0) is 22.5 Å². The fraction of sp³-hybridized carbons (Fsp3) is 0.371. The van der Waals surface area contributed by atoms with Crippen LogP contribution in [0.1, 0.15) is 36.0 Å². The molecule has 1 heterocycles. The van der Waals surface area contributed by atoms with Crippen LogP contribution < -0.4 is 20.1 Å². The highest BCUT2D eigenvalue weighted by Crippen LogP contribution is 2.39. The van der Waals surface area contributed by atoms with Crippen molar-refractivity contribution in [3.8, 4) is 11.5 Å². The van der Waals surface area contributed by atoms with E-state index in [-0.39, 0.29) is 38.9 Å². The predicted molar refractivity (Wildman–Crippen MR) is 183 cm³/mol. The van der Waals surface area contributed by atoms with E-state index in [4.69, 9.17) is 49.0 Å². The summed E-state index contributed by atoms with van der Waals surface area (Å²) in [6, 6.07) is 18.3. The number of aliphatic hydroxyl groups is 1. The number of nitrogens with one attached hydrogen (secondary N) is 2. The van der Waals surface area contributed by atoms with E-state index < -0.39 is 12.1 Å². The zero-order valence-corrected chi connectivity index (χ0v) is 28.3. The molecule has 3 aromatic rings. The average Bonchev–Trinajstić information content (AvgIpc) is 3.93. The van der Waals surface area contributed by atoms with Crippen molar-refractivity contribution in [3.63, 3.8) is 0 Å². The van der Waals surface area contributed by atoms with Crippen molar-refractivity contribution >= 4 is 52.4 Å². The van der Waals surface area contributed by atoms with Crippen LogP contribution in [0.2, 0.25) is 15.1 Å². The van der Waals surface area contributed by atoms with E-state index in [1.807, 2.05) is 36.4 Å². The number of nitrogens with zero attached hydrogens (tertiary/aromatic N) is 1. The molecule has 9 nitrogen and oxygen atoms in total. The van der Waals surface area contributed by atoms with E-state index in [0.717, 1.165) is 41.6 Å². The third kappa shape index (κ3) is 9.12. The molecule has 1 aliphatic heterocycles. The Balaban J connectivity index is 1.28. The van der Waals surface area contributed by atoms with Gasteiger partial charge in [-0.05, 0) is 71.9 Å². The van der Waals surface area contributed by atoms with Gasteiger partial charge in [-0.2, -0.15) is 0 Å². The standard InChI is InChI=1S/C35H38Cl3N3O6/c1-39-35(44)47-16-14-22-5-12-28(36)24(19-22)20-40-34(43)32-27(13-15-41(25-8-9-25)31(32)21-42)23-6-10-26(11-7-23)45-17-18-46-33-29(37)3-2-4-30(33)38/h2-7,10-12,19,25,31,42H,8-9,13-18,20-21H2,1H3,(H,39,44)(H,40,43). The van der Waals surface area contributed by atoms with Gasteiger partial charge in [0, 0.05) is 43.2 Å². The molecule has 0 bridgehead atoms. The zero-order chi connectivity index (χ0) is 33.3. The summed E-state index contributed by atoms with van der Waals surface area (Å²) in [6.45, 7) is 1.55. The quantitative estimate of drug-likeness (QED) is 0.169. The first-order valence-electron chi connectivity index (χ1n) is 15.6. The van der Waals surface area contributed by atoms with Crippen molar-refractivity contribution in [2.75, 3.05) is 40.0 Å². The summed E-state index contributed by atoms with van der Waals surface area (Å²) in [4.78, 5) is 27.6. The number of amides is 2. The second-order valence-electron chi connectivity index (χ2n) is 11.3. The first kappa shape index (κ1) is 34.9. The molecule has 250 valence electrons. The van der Waals surface area contributed by atoms with Crippen molar-refractivity contribution in [1.29, 1.82) is 0 Å². The number of carbonyl (C=O) groups is 2. The predicted octanol–water partition coefficient (Wildman–Crippen LogP) is 6.30. The van der Waals surface area contributed by atoms with E-state index in [1.54, 1.807) is 24.3 Å². The smallest absolute Gasteiger partial charge is 0.406 e. The van der Waals surface area contributed by atoms with Crippen LogP contribution in [0.4, 0.5) is 4.79 Å². The number of benzene rings is 3. The largest absolute Gasteiger partial charge is 0.490 e. The topological polar surface area (TPSA) is 109 Å². The number of carbonyl (C=O) groups excluding carboxylic acids is 2. The van der Waals surface area contributed by atoms with Crippen LogP contribution in [0.15, 0.2) is 66.2 Å². The summed E-state index contributed by atoms with van der Waals surface area (Å²) in [5, 5.41) is 17.4. The minimum Gasteiger partial charge on any atom is -0.490 e. The second-order valence-corrected chi connectivity index (χ2v) is 12.5. The third-order valence-corrected chi connectivity index (χ3v) is 9.17. The lowest BCUT2D eigenvalue weighted by atomic mass is 9.87. The molecule has 2 aliphatic rings. The van der Waals surface area contributed by atoms with Crippen LogP contribution in [0, 0.1) is 0 Å². The van der Waals surface area contributed by atoms with Gasteiger partial charge in [0.05, 0.1) is 29.3 Å². The Morgan fingerprint density at radius 2 is 1.66 bits per heavy atom. The Labute approximate surface area is 289 Å². The first-order chi connectivity index (χ1) is 22.8. The molecule has 1 atom stereocenters. The van der Waals surface area contributed by atoms with E-state index >= 15 is 0 Å². The number of hydrogen-bond acceptors (Lipinski definition) is 7. The molecule has 47 heavy (non-hydrogen) atoms. The number of para-hydroxylation sites is 1. The molecule has 1 fully saturated rings. The molecule has 1 unspecified atom stereocenters. The molecule has 12 heteroatoms. The highest BCUT2D eigenvalue weighted by atomic mass is 35.5. The maximum Gasteiger partial charge on any atom is 0.406 e. The van der Waals surface area contributed by atoms with Gasteiger partial charge < -0.3 is 30.0 Å².